The van der Waals surface area contributed by atoms with Crippen LogP contribution in [-0.4, -0.2) is 48.1 Å². The van der Waals surface area contributed by atoms with Gasteiger partial charge in [-0.1, -0.05) is 28.2 Å². The monoisotopic (exact) mass is 356 g/mol. The molecule has 0 bridgehead atoms. The molecule has 0 aromatic heterocycles. The van der Waals surface area contributed by atoms with Gasteiger partial charge in [0.25, 0.3) is 0 Å². The van der Waals surface area contributed by atoms with Crippen molar-refractivity contribution in [1.82, 2.24) is 10.2 Å². The van der Waals surface area contributed by atoms with Gasteiger partial charge in [-0.2, -0.15) is 0 Å². The molecule has 0 aliphatic carbocycles. The van der Waals surface area contributed by atoms with Crippen molar-refractivity contribution in [3.05, 3.63) is 0 Å². The topological polar surface area (TPSA) is 58.6 Å². The Hall–Kier alpha value is -1.10. The number of amides is 1. The van der Waals surface area contributed by atoms with E-state index in [1.165, 1.54) is 0 Å². The average Bonchev–Trinajstić information content (AvgIpc) is 2.44. The molecule has 1 fully saturated rings. The number of likely N-dealkylation sites (tertiary alicyclic amines) is 1. The second-order valence-electron chi connectivity index (χ2n) is 8.93. The van der Waals surface area contributed by atoms with Gasteiger partial charge in [-0.05, 0) is 52.9 Å². The molecule has 0 saturated carbocycles. The first-order valence-electron chi connectivity index (χ1n) is 9.17. The van der Waals surface area contributed by atoms with Crippen LogP contribution in [0.2, 0.25) is 0 Å². The number of rotatable bonds is 5. The minimum atomic E-state index is -0.353. The Bertz CT molecular complexity index is 427. The number of Topliss-reactive ketones (excluding diaryl/α,β-unsaturated/α-hetero) is 1. The van der Waals surface area contributed by atoms with E-state index >= 15 is 0 Å². The molecule has 0 aromatic carbocycles. The maximum atomic E-state index is 12.8. The Labute approximate surface area is 154 Å². The Morgan fingerprint density at radius 2 is 1.64 bits per heavy atom. The van der Waals surface area contributed by atoms with E-state index in [-0.39, 0.29) is 36.3 Å². The van der Waals surface area contributed by atoms with Crippen molar-refractivity contribution in [3.63, 3.8) is 0 Å². The largest absolute Gasteiger partial charge is 0.450 e. The molecule has 0 radical (unpaired) electrons. The summed E-state index contributed by atoms with van der Waals surface area (Å²) in [6, 6.07) is -0.135. The van der Waals surface area contributed by atoms with Crippen molar-refractivity contribution in [2.24, 2.45) is 11.3 Å². The van der Waals surface area contributed by atoms with E-state index in [0.717, 1.165) is 32.4 Å². The summed E-state index contributed by atoms with van der Waals surface area (Å²) in [7, 11) is 0. The third-order valence-electron chi connectivity index (χ3n) is 4.37. The van der Waals surface area contributed by atoms with E-state index in [9.17, 15) is 9.59 Å². The summed E-state index contributed by atoms with van der Waals surface area (Å²) < 4.78 is 5.07. The van der Waals surface area contributed by atoms with E-state index in [1.54, 1.807) is 4.90 Å². The molecule has 1 saturated heterocycles. The highest BCUT2D eigenvalue weighted by atomic mass is 16.6. The molecule has 1 aliphatic heterocycles. The maximum Gasteiger partial charge on any atom is 0.409 e. The zero-order chi connectivity index (χ0) is 18.5. The zero-order valence-corrected chi connectivity index (χ0v) is 16.6. The van der Waals surface area contributed by atoms with Crippen molar-refractivity contribution in [3.8, 4) is 0 Å². The van der Waals surface area contributed by atoms with Crippen LogP contribution in [0.25, 0.3) is 0 Å². The first-order chi connectivity index (χ1) is 10.9. The van der Waals surface area contributed by atoms with Crippen molar-refractivity contribution in [2.45, 2.75) is 86.7 Å². The summed E-state index contributed by atoms with van der Waals surface area (Å²) in [5.74, 6) is 0.729. The third-order valence-corrected chi connectivity index (χ3v) is 4.37. The summed E-state index contributed by atoms with van der Waals surface area (Å²) in [6.45, 7) is 15.9. The van der Waals surface area contributed by atoms with Crippen molar-refractivity contribution in [1.29, 1.82) is 0 Å². The van der Waals surface area contributed by atoms with Crippen LogP contribution in [0.1, 0.15) is 75.2 Å². The molecule has 0 spiro atoms. The van der Waals surface area contributed by atoms with E-state index in [2.05, 4.69) is 26.1 Å². The Morgan fingerprint density at radius 3 is 2.04 bits per heavy atom. The Morgan fingerprint density at radius 1 is 1.12 bits per heavy atom. The molecular formula is C20H40N2O3. The van der Waals surface area contributed by atoms with E-state index in [4.69, 9.17) is 4.74 Å². The first-order valence-corrected chi connectivity index (χ1v) is 9.17. The number of ether oxygens (including phenoxy) is 1. The molecule has 1 amide bonds. The second-order valence-corrected chi connectivity index (χ2v) is 8.93. The SMILES string of the molecule is C.CCOC(=O)N1CCC(CC(NC(C)(C)C)C(=O)C(C)(C)C)CC1. The van der Waals surface area contributed by atoms with Gasteiger partial charge in [-0.25, -0.2) is 4.79 Å². The van der Waals surface area contributed by atoms with E-state index in [0.29, 0.717) is 12.5 Å². The standard InChI is InChI=1S/C19H36N2O3.CH4/c1-8-24-17(23)21-11-9-14(10-12-21)13-15(20-19(5,6)7)16(22)18(2,3)4;/h14-15,20H,8-13H2,1-7H3;1H4. The number of hydrogen-bond donors (Lipinski definition) is 1. The van der Waals surface area contributed by atoms with Crippen molar-refractivity contribution in [2.75, 3.05) is 19.7 Å². The van der Waals surface area contributed by atoms with Gasteiger partial charge >= 0.3 is 6.09 Å². The predicted octanol–water partition coefficient (Wildman–Crippen LogP) is 4.25. The number of ketones is 1. The van der Waals surface area contributed by atoms with Gasteiger partial charge in [0.05, 0.1) is 12.6 Å². The smallest absolute Gasteiger partial charge is 0.409 e. The lowest BCUT2D eigenvalue weighted by molar-refractivity contribution is -0.129. The summed E-state index contributed by atoms with van der Waals surface area (Å²) in [4.78, 5) is 26.4. The average molecular weight is 357 g/mol. The lowest BCUT2D eigenvalue weighted by Crippen LogP contribution is -2.52. The lowest BCUT2D eigenvalue weighted by atomic mass is 9.80. The fraction of sp³-hybridized carbons (Fsp3) is 0.900. The molecule has 1 N–H and O–H groups in total. The van der Waals surface area contributed by atoms with Gasteiger partial charge in [0.15, 0.2) is 5.78 Å². The number of carbonyl (C=O) groups excluding carboxylic acids is 2. The van der Waals surface area contributed by atoms with Crippen molar-refractivity contribution >= 4 is 11.9 Å². The van der Waals surface area contributed by atoms with Crippen molar-refractivity contribution < 1.29 is 14.3 Å². The molecule has 148 valence electrons. The van der Waals surface area contributed by atoms with Gasteiger partial charge in [0, 0.05) is 24.0 Å². The third kappa shape index (κ3) is 8.21. The van der Waals surface area contributed by atoms with Crippen LogP contribution < -0.4 is 5.32 Å². The van der Waals surface area contributed by atoms with Gasteiger partial charge in [-0.3, -0.25) is 4.79 Å². The molecule has 0 aromatic rings. The molecule has 1 unspecified atom stereocenters. The van der Waals surface area contributed by atoms with Crippen LogP contribution in [0.4, 0.5) is 4.79 Å². The van der Waals surface area contributed by atoms with Crippen LogP contribution in [-0.2, 0) is 9.53 Å². The molecule has 1 atom stereocenters. The quantitative estimate of drug-likeness (QED) is 0.800. The Kier molecular flexibility index (Phi) is 9.14. The molecule has 1 aliphatic rings. The minimum Gasteiger partial charge on any atom is -0.450 e. The normalized spacial score (nSPS) is 17.6. The summed E-state index contributed by atoms with van der Waals surface area (Å²) in [5.41, 5.74) is -0.453. The first kappa shape index (κ1) is 23.9. The number of piperidine rings is 1. The maximum absolute atomic E-state index is 12.8. The van der Waals surface area contributed by atoms with Crippen LogP contribution in [0, 0.1) is 11.3 Å². The van der Waals surface area contributed by atoms with Gasteiger partial charge in [-0.15, -0.1) is 0 Å². The molecule has 1 rings (SSSR count). The summed E-state index contributed by atoms with van der Waals surface area (Å²) in [5, 5.41) is 3.51. The number of carbonyl (C=O) groups is 2. The molecule has 1 heterocycles. The zero-order valence-electron chi connectivity index (χ0n) is 16.6. The number of nitrogens with one attached hydrogen (secondary N) is 1. The minimum absolute atomic E-state index is 0. The van der Waals surface area contributed by atoms with Crippen LogP contribution in [0.15, 0.2) is 0 Å². The summed E-state index contributed by atoms with van der Waals surface area (Å²) >= 11 is 0. The van der Waals surface area contributed by atoms with Crippen LogP contribution >= 0.6 is 0 Å². The highest BCUT2D eigenvalue weighted by Crippen LogP contribution is 2.27. The molecule has 5 heteroatoms. The molecule has 5 nitrogen and oxygen atoms in total. The lowest BCUT2D eigenvalue weighted by Gasteiger charge is -2.36. The fourth-order valence-corrected chi connectivity index (χ4v) is 3.18. The molecule has 25 heavy (non-hydrogen) atoms. The Balaban J connectivity index is 0.00000576. The van der Waals surface area contributed by atoms with Crippen LogP contribution in [0.5, 0.6) is 0 Å². The molecular weight excluding hydrogens is 316 g/mol. The second kappa shape index (κ2) is 9.56. The number of nitrogens with zero attached hydrogens (tertiary/aromatic N) is 1. The highest BCUT2D eigenvalue weighted by Gasteiger charge is 2.34. The van der Waals surface area contributed by atoms with E-state index < -0.39 is 0 Å². The highest BCUT2D eigenvalue weighted by molar-refractivity contribution is 5.88. The fourth-order valence-electron chi connectivity index (χ4n) is 3.18. The van der Waals surface area contributed by atoms with Gasteiger partial charge < -0.3 is 15.0 Å². The number of hydrogen-bond acceptors (Lipinski definition) is 4. The van der Waals surface area contributed by atoms with Gasteiger partial charge in [0.1, 0.15) is 0 Å². The summed E-state index contributed by atoms with van der Waals surface area (Å²) in [6.07, 6.45) is 2.48. The predicted molar refractivity (Wildman–Crippen MR) is 104 cm³/mol. The van der Waals surface area contributed by atoms with Crippen LogP contribution in [0.3, 0.4) is 0 Å². The van der Waals surface area contributed by atoms with E-state index in [1.807, 2.05) is 27.7 Å². The van der Waals surface area contributed by atoms with Gasteiger partial charge in [0.2, 0.25) is 0 Å².